The van der Waals surface area contributed by atoms with Gasteiger partial charge in [0.15, 0.2) is 0 Å². The maximum absolute atomic E-state index is 13.3. The van der Waals surface area contributed by atoms with Crippen LogP contribution in [-0.4, -0.2) is 58.1 Å². The predicted molar refractivity (Wildman–Crippen MR) is 138 cm³/mol. The molecular weight excluding hydrogens is 531 g/mol. The van der Waals surface area contributed by atoms with Crippen molar-refractivity contribution in [3.8, 4) is 11.8 Å². The summed E-state index contributed by atoms with van der Waals surface area (Å²) in [6, 6.07) is 15.1. The average Bonchev–Trinajstić information content (AvgIpc) is 3.32. The molecular formula is C28H25ClF3N5O2. The number of ether oxygens (including phenoxy) is 1. The number of nitrogens with zero attached hydrogens (tertiary/aromatic N) is 5. The van der Waals surface area contributed by atoms with Crippen molar-refractivity contribution in [1.29, 1.82) is 5.26 Å². The van der Waals surface area contributed by atoms with Crippen molar-refractivity contribution in [3.05, 3.63) is 93.3 Å². The highest BCUT2D eigenvalue weighted by Crippen LogP contribution is 2.32. The number of carbonyl (C=O) groups is 1. The van der Waals surface area contributed by atoms with E-state index in [2.05, 4.69) is 25.6 Å². The lowest BCUT2D eigenvalue weighted by Gasteiger charge is -2.34. The van der Waals surface area contributed by atoms with Gasteiger partial charge in [0.2, 0.25) is 0 Å². The van der Waals surface area contributed by atoms with E-state index >= 15 is 0 Å². The number of aromatic nitrogens is 1. The van der Waals surface area contributed by atoms with Crippen LogP contribution in [0.3, 0.4) is 0 Å². The highest BCUT2D eigenvalue weighted by molar-refractivity contribution is 6.32. The molecule has 0 spiro atoms. The quantitative estimate of drug-likeness (QED) is 0.427. The SMILES string of the molecule is N#Cc1cccnc1CN1CCN(C(=O)c2cc(Cl)c3c(c2)CN(Cc2ccc(OC(F)(F)F)cc2)C3)CC1. The van der Waals surface area contributed by atoms with E-state index in [0.717, 1.165) is 22.4 Å². The van der Waals surface area contributed by atoms with E-state index in [1.54, 1.807) is 36.5 Å². The molecule has 3 heterocycles. The molecule has 0 unspecified atom stereocenters. The monoisotopic (exact) mass is 555 g/mol. The Labute approximate surface area is 229 Å². The topological polar surface area (TPSA) is 72.7 Å². The highest BCUT2D eigenvalue weighted by atomic mass is 35.5. The van der Waals surface area contributed by atoms with Gasteiger partial charge in [-0.15, -0.1) is 13.2 Å². The number of halogens is 4. The summed E-state index contributed by atoms with van der Waals surface area (Å²) in [6.45, 7) is 4.71. The molecule has 3 aromatic rings. The Balaban J connectivity index is 1.18. The summed E-state index contributed by atoms with van der Waals surface area (Å²) in [7, 11) is 0. The van der Waals surface area contributed by atoms with Crippen molar-refractivity contribution >= 4 is 17.5 Å². The van der Waals surface area contributed by atoms with Gasteiger partial charge in [0.05, 0.1) is 11.3 Å². The van der Waals surface area contributed by atoms with Crippen molar-refractivity contribution in [1.82, 2.24) is 19.7 Å². The van der Waals surface area contributed by atoms with Crippen LogP contribution in [0.5, 0.6) is 5.75 Å². The zero-order valence-electron chi connectivity index (χ0n) is 20.9. The normalized spacial score (nSPS) is 16.1. The Morgan fingerprint density at radius 1 is 1.03 bits per heavy atom. The number of rotatable bonds is 6. The molecule has 0 atom stereocenters. The summed E-state index contributed by atoms with van der Waals surface area (Å²) in [5.74, 6) is -0.333. The molecule has 1 amide bonds. The fourth-order valence-electron chi connectivity index (χ4n) is 4.99. The molecule has 2 aromatic carbocycles. The van der Waals surface area contributed by atoms with Crippen molar-refractivity contribution in [3.63, 3.8) is 0 Å². The minimum atomic E-state index is -4.72. The van der Waals surface area contributed by atoms with Crippen LogP contribution >= 0.6 is 11.6 Å². The molecule has 202 valence electrons. The van der Waals surface area contributed by atoms with Crippen LogP contribution in [0.25, 0.3) is 0 Å². The zero-order valence-corrected chi connectivity index (χ0v) is 21.7. The van der Waals surface area contributed by atoms with E-state index in [9.17, 15) is 23.2 Å². The van der Waals surface area contributed by atoms with Crippen molar-refractivity contribution in [2.75, 3.05) is 26.2 Å². The third-order valence-electron chi connectivity index (χ3n) is 6.92. The standard InChI is InChI=1S/C28H25ClF3N5O2/c29-25-13-21(27(38)37-10-8-35(9-11-37)18-26-20(14-33)2-1-7-34-26)12-22-16-36(17-24(22)25)15-19-3-5-23(6-4-19)39-28(30,31)32/h1-7,12-13H,8-11,15-18H2. The highest BCUT2D eigenvalue weighted by Gasteiger charge is 2.31. The van der Waals surface area contributed by atoms with E-state index < -0.39 is 6.36 Å². The fourth-order valence-corrected chi connectivity index (χ4v) is 5.29. The van der Waals surface area contributed by atoms with Gasteiger partial charge in [0.1, 0.15) is 11.8 Å². The molecule has 11 heteroatoms. The number of hydrogen-bond acceptors (Lipinski definition) is 6. The molecule has 5 rings (SSSR count). The van der Waals surface area contributed by atoms with Gasteiger partial charge >= 0.3 is 6.36 Å². The number of hydrogen-bond donors (Lipinski definition) is 0. The summed E-state index contributed by atoms with van der Waals surface area (Å²) < 4.78 is 41.2. The Bertz CT molecular complexity index is 1400. The summed E-state index contributed by atoms with van der Waals surface area (Å²) in [5, 5.41) is 9.83. The van der Waals surface area contributed by atoms with Crippen LogP contribution in [0.4, 0.5) is 13.2 Å². The number of amides is 1. The first-order chi connectivity index (χ1) is 18.7. The molecule has 1 fully saturated rings. The van der Waals surface area contributed by atoms with E-state index in [1.807, 2.05) is 11.0 Å². The lowest BCUT2D eigenvalue weighted by atomic mass is 10.0. The molecule has 0 radical (unpaired) electrons. The predicted octanol–water partition coefficient (Wildman–Crippen LogP) is 4.98. The Morgan fingerprint density at radius 2 is 1.77 bits per heavy atom. The molecule has 2 aliphatic heterocycles. The van der Waals surface area contributed by atoms with Crippen LogP contribution in [-0.2, 0) is 26.2 Å². The minimum absolute atomic E-state index is 0.0754. The third-order valence-corrected chi connectivity index (χ3v) is 7.25. The van der Waals surface area contributed by atoms with Gasteiger partial charge in [-0.3, -0.25) is 19.6 Å². The van der Waals surface area contributed by atoms with Gasteiger partial charge in [-0.25, -0.2) is 0 Å². The van der Waals surface area contributed by atoms with Crippen LogP contribution < -0.4 is 4.74 Å². The summed E-state index contributed by atoms with van der Waals surface area (Å²) in [6.07, 6.45) is -3.04. The number of pyridine rings is 1. The van der Waals surface area contributed by atoms with Crippen LogP contribution in [0.1, 0.15) is 38.3 Å². The van der Waals surface area contributed by atoms with Crippen LogP contribution in [0.15, 0.2) is 54.7 Å². The maximum Gasteiger partial charge on any atom is 0.573 e. The van der Waals surface area contributed by atoms with Gasteiger partial charge in [-0.1, -0.05) is 23.7 Å². The fraction of sp³-hybridized carbons (Fsp3) is 0.321. The molecule has 7 nitrogen and oxygen atoms in total. The minimum Gasteiger partial charge on any atom is -0.406 e. The molecule has 1 saturated heterocycles. The largest absolute Gasteiger partial charge is 0.573 e. The van der Waals surface area contributed by atoms with E-state index in [4.69, 9.17) is 11.6 Å². The van der Waals surface area contributed by atoms with E-state index in [0.29, 0.717) is 68.5 Å². The first-order valence-corrected chi connectivity index (χ1v) is 12.8. The van der Waals surface area contributed by atoms with E-state index in [-0.39, 0.29) is 11.7 Å². The smallest absolute Gasteiger partial charge is 0.406 e. The number of piperazine rings is 1. The lowest BCUT2D eigenvalue weighted by Crippen LogP contribution is -2.48. The third kappa shape index (κ3) is 6.50. The Hall–Kier alpha value is -3.65. The summed E-state index contributed by atoms with van der Waals surface area (Å²) >= 11 is 6.59. The van der Waals surface area contributed by atoms with E-state index in [1.165, 1.54) is 12.1 Å². The molecule has 0 aliphatic carbocycles. The molecule has 0 saturated carbocycles. The number of benzene rings is 2. The molecule has 1 aromatic heterocycles. The van der Waals surface area contributed by atoms with Gasteiger partial charge in [0, 0.05) is 69.1 Å². The Kier molecular flexibility index (Phi) is 7.75. The summed E-state index contributed by atoms with van der Waals surface area (Å²) in [5.41, 5.74) is 4.61. The second kappa shape index (κ2) is 11.2. The first kappa shape index (κ1) is 26.9. The maximum atomic E-state index is 13.3. The van der Waals surface area contributed by atoms with Crippen molar-refractivity contribution in [2.45, 2.75) is 32.5 Å². The van der Waals surface area contributed by atoms with Gasteiger partial charge < -0.3 is 9.64 Å². The lowest BCUT2D eigenvalue weighted by molar-refractivity contribution is -0.274. The van der Waals surface area contributed by atoms with Gasteiger partial charge in [0.25, 0.3) is 5.91 Å². The average molecular weight is 556 g/mol. The van der Waals surface area contributed by atoms with Crippen molar-refractivity contribution < 1.29 is 22.7 Å². The zero-order chi connectivity index (χ0) is 27.6. The van der Waals surface area contributed by atoms with Crippen LogP contribution in [0.2, 0.25) is 5.02 Å². The summed E-state index contributed by atoms with van der Waals surface area (Å²) in [4.78, 5) is 23.8. The molecule has 0 N–H and O–H groups in total. The van der Waals surface area contributed by atoms with Crippen LogP contribution in [0, 0.1) is 11.3 Å². The number of alkyl halides is 3. The van der Waals surface area contributed by atoms with Gasteiger partial charge in [-0.05, 0) is 53.1 Å². The molecule has 2 aliphatic rings. The number of carbonyl (C=O) groups excluding carboxylic acids is 1. The number of nitriles is 1. The van der Waals surface area contributed by atoms with Crippen molar-refractivity contribution in [2.24, 2.45) is 0 Å². The molecule has 0 bridgehead atoms. The number of fused-ring (bicyclic) bond motifs is 1. The molecule has 39 heavy (non-hydrogen) atoms. The Morgan fingerprint density at radius 3 is 2.46 bits per heavy atom. The second-order valence-electron chi connectivity index (χ2n) is 9.61. The first-order valence-electron chi connectivity index (χ1n) is 12.4. The second-order valence-corrected chi connectivity index (χ2v) is 10.0. The van der Waals surface area contributed by atoms with Gasteiger partial charge in [-0.2, -0.15) is 5.26 Å².